The van der Waals surface area contributed by atoms with E-state index in [0.717, 1.165) is 38.3 Å². The van der Waals surface area contributed by atoms with E-state index in [1.54, 1.807) is 5.57 Å². The van der Waals surface area contributed by atoms with E-state index in [1.807, 2.05) is 0 Å². The van der Waals surface area contributed by atoms with Gasteiger partial charge in [-0.05, 0) is 54.5 Å². The minimum absolute atomic E-state index is 0.982. The van der Waals surface area contributed by atoms with Gasteiger partial charge in [-0.1, -0.05) is 24.3 Å². The molecule has 2 N–H and O–H groups in total. The van der Waals surface area contributed by atoms with Gasteiger partial charge in [-0.3, -0.25) is 0 Å². The van der Waals surface area contributed by atoms with Gasteiger partial charge in [0, 0.05) is 37.4 Å². The zero-order valence-corrected chi connectivity index (χ0v) is 14.5. The number of nitrogens with one attached hydrogen (secondary N) is 2. The highest BCUT2D eigenvalue weighted by Gasteiger charge is 2.27. The highest BCUT2D eigenvalue weighted by molar-refractivity contribution is 5.58. The molecule has 3 aliphatic rings. The van der Waals surface area contributed by atoms with Gasteiger partial charge < -0.3 is 15.5 Å². The largest absolute Gasteiger partial charge is 0.370 e. The third-order valence-electron chi connectivity index (χ3n) is 5.37. The number of para-hydroxylation sites is 1. The molecule has 2 aliphatic heterocycles. The lowest BCUT2D eigenvalue weighted by atomic mass is 10.1. The lowest BCUT2D eigenvalue weighted by Gasteiger charge is -2.34. The Bertz CT molecular complexity index is 834. The molecule has 0 unspecified atom stereocenters. The summed E-state index contributed by atoms with van der Waals surface area (Å²) in [6.45, 7) is 3.05. The third-order valence-corrected chi connectivity index (χ3v) is 5.37. The number of fused-ring (bicyclic) bond motifs is 2. The monoisotopic (exact) mass is 332 g/mol. The number of aryl methyl sites for hydroxylation is 1. The highest BCUT2D eigenvalue weighted by atomic mass is 15.3. The standard InChI is InChI=1S/C21H24N4/c1-2-6-19-17(4-1)14-25(21(24-19)16-7-8-16)13-11-18-10-9-15-5-3-12-22-20(15)23-18/h1-2,4,6,9-10,24H,3,5,7-8,11-14H2,(H,22,23). The van der Waals surface area contributed by atoms with Gasteiger partial charge in [-0.15, -0.1) is 0 Å². The van der Waals surface area contributed by atoms with Crippen molar-refractivity contribution in [2.75, 3.05) is 23.7 Å². The third kappa shape index (κ3) is 2.97. The van der Waals surface area contributed by atoms with E-state index in [2.05, 4.69) is 51.9 Å². The Labute approximate surface area is 149 Å². The Balaban J connectivity index is 1.34. The molecule has 1 saturated carbocycles. The van der Waals surface area contributed by atoms with Gasteiger partial charge in [0.05, 0.1) is 0 Å². The van der Waals surface area contributed by atoms with Crippen LogP contribution >= 0.6 is 0 Å². The molecule has 1 aromatic heterocycles. The first-order chi connectivity index (χ1) is 12.4. The average Bonchev–Trinajstić information content (AvgIpc) is 3.50. The van der Waals surface area contributed by atoms with E-state index < -0.39 is 0 Å². The van der Waals surface area contributed by atoms with Crippen LogP contribution < -0.4 is 10.6 Å². The molecular weight excluding hydrogens is 308 g/mol. The molecule has 4 heteroatoms. The molecular formula is C21H24N4. The normalized spacial score (nSPS) is 18.2. The predicted molar refractivity (Wildman–Crippen MR) is 101 cm³/mol. The average molecular weight is 332 g/mol. The topological polar surface area (TPSA) is 40.2 Å². The Kier molecular flexibility index (Phi) is 3.62. The van der Waals surface area contributed by atoms with Crippen molar-refractivity contribution in [3.05, 3.63) is 64.6 Å². The smallest absolute Gasteiger partial charge is 0.129 e. The maximum Gasteiger partial charge on any atom is 0.129 e. The fourth-order valence-corrected chi connectivity index (χ4v) is 3.83. The number of aromatic nitrogens is 1. The summed E-state index contributed by atoms with van der Waals surface area (Å²) in [6.07, 6.45) is 5.82. The van der Waals surface area contributed by atoms with Gasteiger partial charge in [-0.25, -0.2) is 4.98 Å². The van der Waals surface area contributed by atoms with Crippen molar-refractivity contribution in [1.29, 1.82) is 0 Å². The van der Waals surface area contributed by atoms with Crippen LogP contribution in [0.15, 0.2) is 47.8 Å². The zero-order valence-electron chi connectivity index (χ0n) is 14.5. The molecule has 0 radical (unpaired) electrons. The minimum atomic E-state index is 0.982. The van der Waals surface area contributed by atoms with Crippen LogP contribution in [-0.2, 0) is 19.4 Å². The van der Waals surface area contributed by atoms with E-state index in [-0.39, 0.29) is 0 Å². The fraction of sp³-hybridized carbons (Fsp3) is 0.381. The first-order valence-electron chi connectivity index (χ1n) is 9.41. The summed E-state index contributed by atoms with van der Waals surface area (Å²) in [6, 6.07) is 13.1. The molecule has 4 nitrogen and oxygen atoms in total. The fourth-order valence-electron chi connectivity index (χ4n) is 3.83. The molecule has 0 amide bonds. The van der Waals surface area contributed by atoms with Gasteiger partial charge >= 0.3 is 0 Å². The molecule has 3 heterocycles. The molecule has 0 bridgehead atoms. The van der Waals surface area contributed by atoms with Crippen molar-refractivity contribution in [3.63, 3.8) is 0 Å². The van der Waals surface area contributed by atoms with Crippen molar-refractivity contribution >= 4 is 11.5 Å². The molecule has 0 saturated heterocycles. The van der Waals surface area contributed by atoms with Crippen molar-refractivity contribution in [3.8, 4) is 0 Å². The van der Waals surface area contributed by atoms with Crippen molar-refractivity contribution in [2.24, 2.45) is 0 Å². The van der Waals surface area contributed by atoms with Crippen LogP contribution in [0.1, 0.15) is 36.1 Å². The van der Waals surface area contributed by atoms with Crippen molar-refractivity contribution < 1.29 is 0 Å². The first kappa shape index (κ1) is 14.8. The molecule has 0 spiro atoms. The maximum atomic E-state index is 4.85. The molecule has 128 valence electrons. The Hall–Kier alpha value is -2.49. The van der Waals surface area contributed by atoms with E-state index in [9.17, 15) is 0 Å². The number of hydrogen-bond donors (Lipinski definition) is 2. The lowest BCUT2D eigenvalue weighted by Crippen LogP contribution is -2.33. The number of rotatable bonds is 3. The van der Waals surface area contributed by atoms with Gasteiger partial charge in [0.25, 0.3) is 0 Å². The Morgan fingerprint density at radius 1 is 1.00 bits per heavy atom. The van der Waals surface area contributed by atoms with Crippen LogP contribution in [0.25, 0.3) is 0 Å². The van der Waals surface area contributed by atoms with Crippen LogP contribution in [-0.4, -0.2) is 23.0 Å². The SMILES string of the molecule is c1ccc2c(c1)CN(CCc1ccc3c(n1)NCCC3)C(=C1CC1)N2. The summed E-state index contributed by atoms with van der Waals surface area (Å²) < 4.78 is 0. The molecule has 1 aromatic carbocycles. The van der Waals surface area contributed by atoms with E-state index >= 15 is 0 Å². The summed E-state index contributed by atoms with van der Waals surface area (Å²) in [5.41, 5.74) is 6.77. The number of benzene rings is 1. The zero-order chi connectivity index (χ0) is 16.6. The Morgan fingerprint density at radius 2 is 1.92 bits per heavy atom. The quantitative estimate of drug-likeness (QED) is 0.894. The summed E-state index contributed by atoms with van der Waals surface area (Å²) in [5, 5.41) is 7.11. The molecule has 25 heavy (non-hydrogen) atoms. The summed E-state index contributed by atoms with van der Waals surface area (Å²) >= 11 is 0. The van der Waals surface area contributed by atoms with Crippen LogP contribution in [0.5, 0.6) is 0 Å². The second kappa shape index (κ2) is 6.10. The molecule has 1 fully saturated rings. The summed E-state index contributed by atoms with van der Waals surface area (Å²) in [7, 11) is 0. The number of nitrogens with zero attached hydrogens (tertiary/aromatic N) is 2. The number of hydrogen-bond acceptors (Lipinski definition) is 4. The number of anilines is 2. The maximum absolute atomic E-state index is 4.85. The van der Waals surface area contributed by atoms with Gasteiger partial charge in [0.2, 0.25) is 0 Å². The first-order valence-corrected chi connectivity index (χ1v) is 9.41. The lowest BCUT2D eigenvalue weighted by molar-refractivity contribution is 0.334. The van der Waals surface area contributed by atoms with Crippen molar-refractivity contribution in [2.45, 2.75) is 38.6 Å². The number of allylic oxidation sites excluding steroid dienone is 1. The van der Waals surface area contributed by atoms with Crippen LogP contribution in [0.4, 0.5) is 11.5 Å². The Morgan fingerprint density at radius 3 is 2.84 bits per heavy atom. The summed E-state index contributed by atoms with van der Waals surface area (Å²) in [5.74, 6) is 2.45. The second-order valence-electron chi connectivity index (χ2n) is 7.25. The van der Waals surface area contributed by atoms with Crippen LogP contribution in [0, 0.1) is 0 Å². The summed E-state index contributed by atoms with van der Waals surface area (Å²) in [4.78, 5) is 7.35. The van der Waals surface area contributed by atoms with Crippen molar-refractivity contribution in [1.82, 2.24) is 9.88 Å². The van der Waals surface area contributed by atoms with E-state index in [1.165, 1.54) is 47.6 Å². The van der Waals surface area contributed by atoms with Gasteiger partial charge in [-0.2, -0.15) is 0 Å². The molecule has 1 aliphatic carbocycles. The second-order valence-corrected chi connectivity index (χ2v) is 7.25. The highest BCUT2D eigenvalue weighted by Crippen LogP contribution is 2.37. The molecule has 5 rings (SSSR count). The van der Waals surface area contributed by atoms with Gasteiger partial charge in [0.15, 0.2) is 0 Å². The van der Waals surface area contributed by atoms with E-state index in [0.29, 0.717) is 0 Å². The number of pyridine rings is 1. The predicted octanol–water partition coefficient (Wildman–Crippen LogP) is 3.92. The van der Waals surface area contributed by atoms with Crippen LogP contribution in [0.3, 0.4) is 0 Å². The van der Waals surface area contributed by atoms with Crippen LogP contribution in [0.2, 0.25) is 0 Å². The van der Waals surface area contributed by atoms with E-state index in [4.69, 9.17) is 4.98 Å². The minimum Gasteiger partial charge on any atom is -0.370 e. The van der Waals surface area contributed by atoms with Gasteiger partial charge in [0.1, 0.15) is 11.6 Å². The molecule has 0 atom stereocenters. The molecule has 2 aromatic rings.